The van der Waals surface area contributed by atoms with Gasteiger partial charge in [-0.3, -0.25) is 0 Å². The number of nitrogens with zero attached hydrogens (tertiary/aromatic N) is 4. The SMILES string of the molecule is COCc1nnc2sc(-c3cc(C)ccc3O)nn12. The van der Waals surface area contributed by atoms with Gasteiger partial charge in [-0.05, 0) is 19.1 Å². The summed E-state index contributed by atoms with van der Waals surface area (Å²) >= 11 is 1.38. The summed E-state index contributed by atoms with van der Waals surface area (Å²) in [5.41, 5.74) is 1.77. The highest BCUT2D eigenvalue weighted by atomic mass is 32.1. The molecule has 7 heteroatoms. The van der Waals surface area contributed by atoms with E-state index in [0.29, 0.717) is 28.0 Å². The van der Waals surface area contributed by atoms with Crippen molar-refractivity contribution < 1.29 is 9.84 Å². The van der Waals surface area contributed by atoms with Crippen molar-refractivity contribution in [3.05, 3.63) is 29.6 Å². The van der Waals surface area contributed by atoms with E-state index in [4.69, 9.17) is 4.74 Å². The van der Waals surface area contributed by atoms with Gasteiger partial charge in [0.25, 0.3) is 0 Å². The van der Waals surface area contributed by atoms with Gasteiger partial charge in [-0.1, -0.05) is 23.0 Å². The number of phenolic OH excluding ortho intramolecular Hbond substituents is 1. The highest BCUT2D eigenvalue weighted by Crippen LogP contribution is 2.32. The fourth-order valence-corrected chi connectivity index (χ4v) is 2.69. The van der Waals surface area contributed by atoms with E-state index in [0.717, 1.165) is 5.56 Å². The topological polar surface area (TPSA) is 72.5 Å². The van der Waals surface area contributed by atoms with Crippen LogP contribution in [0.25, 0.3) is 15.5 Å². The van der Waals surface area contributed by atoms with Crippen molar-refractivity contribution in [3.8, 4) is 16.3 Å². The van der Waals surface area contributed by atoms with Crippen LogP contribution < -0.4 is 0 Å². The molecule has 0 atom stereocenters. The second-order valence-electron chi connectivity index (χ2n) is 4.17. The molecule has 0 saturated heterocycles. The zero-order chi connectivity index (χ0) is 13.4. The van der Waals surface area contributed by atoms with Crippen molar-refractivity contribution in [2.24, 2.45) is 0 Å². The highest BCUT2D eigenvalue weighted by Gasteiger charge is 2.15. The molecule has 98 valence electrons. The molecule has 3 aromatic rings. The molecule has 0 amide bonds. The average molecular weight is 276 g/mol. The van der Waals surface area contributed by atoms with Gasteiger partial charge in [-0.15, -0.1) is 10.2 Å². The Bertz CT molecular complexity index is 734. The summed E-state index contributed by atoms with van der Waals surface area (Å²) in [5.74, 6) is 0.857. The molecule has 19 heavy (non-hydrogen) atoms. The largest absolute Gasteiger partial charge is 0.507 e. The number of methoxy groups -OCH3 is 1. The van der Waals surface area contributed by atoms with Crippen LogP contribution in [0.4, 0.5) is 0 Å². The quantitative estimate of drug-likeness (QED) is 0.792. The fraction of sp³-hybridized carbons (Fsp3) is 0.250. The number of benzene rings is 1. The summed E-state index contributed by atoms with van der Waals surface area (Å²) in [6.45, 7) is 2.32. The Balaban J connectivity index is 2.12. The van der Waals surface area contributed by atoms with Crippen LogP contribution in [0.15, 0.2) is 18.2 Å². The molecule has 0 saturated carbocycles. The summed E-state index contributed by atoms with van der Waals surface area (Å²) in [6, 6.07) is 5.43. The molecule has 0 fully saturated rings. The van der Waals surface area contributed by atoms with Crippen molar-refractivity contribution in [1.82, 2.24) is 19.8 Å². The molecular weight excluding hydrogens is 264 g/mol. The van der Waals surface area contributed by atoms with Crippen molar-refractivity contribution in [2.75, 3.05) is 7.11 Å². The Labute approximate surface area is 113 Å². The van der Waals surface area contributed by atoms with E-state index in [1.807, 2.05) is 19.1 Å². The van der Waals surface area contributed by atoms with Gasteiger partial charge < -0.3 is 9.84 Å². The Morgan fingerprint density at radius 3 is 3.00 bits per heavy atom. The molecule has 0 aliphatic carbocycles. The molecule has 0 spiro atoms. The third-order valence-electron chi connectivity index (χ3n) is 2.71. The lowest BCUT2D eigenvalue weighted by Crippen LogP contribution is -1.97. The summed E-state index contributed by atoms with van der Waals surface area (Å²) in [4.78, 5) is 0.683. The van der Waals surface area contributed by atoms with E-state index in [2.05, 4.69) is 15.3 Å². The number of aromatic hydroxyl groups is 1. The van der Waals surface area contributed by atoms with E-state index in [1.165, 1.54) is 11.3 Å². The molecule has 3 rings (SSSR count). The Kier molecular flexibility index (Phi) is 2.92. The van der Waals surface area contributed by atoms with Gasteiger partial charge in [0.2, 0.25) is 4.96 Å². The molecular formula is C12H12N4O2S. The smallest absolute Gasteiger partial charge is 0.235 e. The third kappa shape index (κ3) is 2.06. The van der Waals surface area contributed by atoms with Crippen LogP contribution in [-0.4, -0.2) is 32.0 Å². The lowest BCUT2D eigenvalue weighted by molar-refractivity contribution is 0.176. The molecule has 1 N–H and O–H groups in total. The lowest BCUT2D eigenvalue weighted by Gasteiger charge is -2.01. The molecule has 0 radical (unpaired) electrons. The first-order valence-electron chi connectivity index (χ1n) is 5.69. The van der Waals surface area contributed by atoms with Crippen molar-refractivity contribution >= 4 is 16.3 Å². The summed E-state index contributed by atoms with van der Waals surface area (Å²) in [6.07, 6.45) is 0. The van der Waals surface area contributed by atoms with Crippen LogP contribution in [0.2, 0.25) is 0 Å². The first-order chi connectivity index (χ1) is 9.19. The third-order valence-corrected chi connectivity index (χ3v) is 3.64. The van der Waals surface area contributed by atoms with Crippen molar-refractivity contribution in [1.29, 1.82) is 0 Å². The number of aryl methyl sites for hydroxylation is 1. The standard InChI is InChI=1S/C12H12N4O2S/c1-7-3-4-9(17)8(5-7)11-15-16-10(6-18-2)13-14-12(16)19-11/h3-5,17H,6H2,1-2H3. The van der Waals surface area contributed by atoms with Crippen LogP contribution >= 0.6 is 11.3 Å². The van der Waals surface area contributed by atoms with Gasteiger partial charge in [0.15, 0.2) is 10.8 Å². The number of phenols is 1. The lowest BCUT2D eigenvalue weighted by atomic mass is 10.1. The molecule has 1 aromatic carbocycles. The number of fused-ring (bicyclic) bond motifs is 1. The maximum absolute atomic E-state index is 9.92. The maximum Gasteiger partial charge on any atom is 0.235 e. The van der Waals surface area contributed by atoms with Gasteiger partial charge in [0.05, 0.1) is 5.56 Å². The van der Waals surface area contributed by atoms with Gasteiger partial charge in [-0.2, -0.15) is 9.61 Å². The first-order valence-corrected chi connectivity index (χ1v) is 6.50. The molecule has 0 bridgehead atoms. The molecule has 2 heterocycles. The first kappa shape index (κ1) is 12.1. The van der Waals surface area contributed by atoms with Gasteiger partial charge >= 0.3 is 0 Å². The molecule has 0 aliphatic heterocycles. The summed E-state index contributed by atoms with van der Waals surface area (Å²) in [7, 11) is 1.60. The van der Waals surface area contributed by atoms with Crippen LogP contribution in [0.1, 0.15) is 11.4 Å². The monoisotopic (exact) mass is 276 g/mol. The highest BCUT2D eigenvalue weighted by molar-refractivity contribution is 7.19. The minimum absolute atomic E-state index is 0.212. The molecule has 2 aromatic heterocycles. The van der Waals surface area contributed by atoms with Crippen LogP contribution in [0, 0.1) is 6.92 Å². The number of rotatable bonds is 3. The number of hydrogen-bond donors (Lipinski definition) is 1. The Morgan fingerprint density at radius 1 is 1.37 bits per heavy atom. The van der Waals surface area contributed by atoms with Crippen molar-refractivity contribution in [3.63, 3.8) is 0 Å². The number of aromatic nitrogens is 4. The zero-order valence-electron chi connectivity index (χ0n) is 10.5. The predicted octanol–water partition coefficient (Wildman–Crippen LogP) is 2.01. The average Bonchev–Trinajstić information content (AvgIpc) is 2.95. The van der Waals surface area contributed by atoms with Crippen LogP contribution in [-0.2, 0) is 11.3 Å². The second kappa shape index (κ2) is 4.60. The zero-order valence-corrected chi connectivity index (χ0v) is 11.3. The minimum atomic E-state index is 0.212. The van der Waals surface area contributed by atoms with Gasteiger partial charge in [0, 0.05) is 7.11 Å². The number of hydrogen-bond acceptors (Lipinski definition) is 6. The fourth-order valence-electron chi connectivity index (χ4n) is 1.81. The van der Waals surface area contributed by atoms with Crippen molar-refractivity contribution in [2.45, 2.75) is 13.5 Å². The van der Waals surface area contributed by atoms with E-state index in [-0.39, 0.29) is 5.75 Å². The van der Waals surface area contributed by atoms with E-state index in [9.17, 15) is 5.11 Å². The van der Waals surface area contributed by atoms with E-state index < -0.39 is 0 Å². The molecule has 0 unspecified atom stereocenters. The molecule has 6 nitrogen and oxygen atoms in total. The number of ether oxygens (including phenoxy) is 1. The predicted molar refractivity (Wildman–Crippen MR) is 71.2 cm³/mol. The van der Waals surface area contributed by atoms with Gasteiger partial charge in [0.1, 0.15) is 12.4 Å². The van der Waals surface area contributed by atoms with Crippen LogP contribution in [0.3, 0.4) is 0 Å². The second-order valence-corrected chi connectivity index (χ2v) is 5.13. The molecule has 0 aliphatic rings. The van der Waals surface area contributed by atoms with E-state index >= 15 is 0 Å². The Hall–Kier alpha value is -1.99. The Morgan fingerprint density at radius 2 is 2.21 bits per heavy atom. The normalized spacial score (nSPS) is 11.3. The summed E-state index contributed by atoms with van der Waals surface area (Å²) in [5, 5.41) is 23.1. The maximum atomic E-state index is 9.92. The van der Waals surface area contributed by atoms with E-state index in [1.54, 1.807) is 17.7 Å². The van der Waals surface area contributed by atoms with Gasteiger partial charge in [-0.25, -0.2) is 0 Å². The van der Waals surface area contributed by atoms with Crippen LogP contribution in [0.5, 0.6) is 5.75 Å². The minimum Gasteiger partial charge on any atom is -0.507 e. The summed E-state index contributed by atoms with van der Waals surface area (Å²) < 4.78 is 6.69.